The summed E-state index contributed by atoms with van der Waals surface area (Å²) in [5.74, 6) is 0.250. The average molecular weight is 418 g/mol. The van der Waals surface area contributed by atoms with Gasteiger partial charge < -0.3 is 15.0 Å². The second-order valence-electron chi connectivity index (χ2n) is 7.53. The largest absolute Gasteiger partial charge is 0.484 e. The van der Waals surface area contributed by atoms with Gasteiger partial charge in [-0.05, 0) is 23.8 Å². The molecule has 2 amide bonds. The number of nitrogens with zero attached hydrogens (tertiary/aromatic N) is 3. The zero-order chi connectivity index (χ0) is 21.5. The van der Waals surface area contributed by atoms with Crippen LogP contribution in [0.1, 0.15) is 5.56 Å². The van der Waals surface area contributed by atoms with E-state index < -0.39 is 0 Å². The van der Waals surface area contributed by atoms with Crippen LogP contribution in [-0.4, -0.2) is 65.9 Å². The van der Waals surface area contributed by atoms with E-state index in [9.17, 15) is 9.59 Å². The Hall–Kier alpha value is -3.45. The molecule has 0 bridgehead atoms. The molecule has 1 N–H and O–H groups in total. The van der Waals surface area contributed by atoms with Crippen molar-refractivity contribution < 1.29 is 14.3 Å². The molecule has 1 aliphatic rings. The maximum absolute atomic E-state index is 12.5. The van der Waals surface area contributed by atoms with Crippen LogP contribution in [0.5, 0.6) is 5.75 Å². The van der Waals surface area contributed by atoms with Crippen LogP contribution in [-0.2, 0) is 16.1 Å². The van der Waals surface area contributed by atoms with Crippen molar-refractivity contribution in [2.45, 2.75) is 6.54 Å². The van der Waals surface area contributed by atoms with E-state index in [1.54, 1.807) is 17.0 Å². The number of para-hydroxylation sites is 2. The van der Waals surface area contributed by atoms with Gasteiger partial charge in [0, 0.05) is 44.3 Å². The highest BCUT2D eigenvalue weighted by Gasteiger charge is 2.22. The second kappa shape index (κ2) is 10.0. The Labute approximate surface area is 181 Å². The number of rotatable bonds is 7. The number of amides is 2. The lowest BCUT2D eigenvalue weighted by molar-refractivity contribution is -0.134. The highest BCUT2D eigenvalue weighted by atomic mass is 16.5. The molecule has 0 saturated carbocycles. The van der Waals surface area contributed by atoms with Crippen molar-refractivity contribution in [3.8, 4) is 5.75 Å². The van der Waals surface area contributed by atoms with Gasteiger partial charge >= 0.3 is 0 Å². The van der Waals surface area contributed by atoms with Crippen molar-refractivity contribution in [3.05, 3.63) is 72.4 Å². The van der Waals surface area contributed by atoms with E-state index in [-0.39, 0.29) is 25.0 Å². The Morgan fingerprint density at radius 2 is 1.71 bits per heavy atom. The van der Waals surface area contributed by atoms with Crippen molar-refractivity contribution in [2.24, 2.45) is 0 Å². The van der Waals surface area contributed by atoms with Gasteiger partial charge in [-0.2, -0.15) is 0 Å². The first-order chi connectivity index (χ1) is 15.2. The topological polar surface area (TPSA) is 74.8 Å². The third kappa shape index (κ3) is 5.58. The summed E-state index contributed by atoms with van der Waals surface area (Å²) in [6.45, 7) is 3.57. The van der Waals surface area contributed by atoms with Gasteiger partial charge in [0.15, 0.2) is 6.61 Å². The van der Waals surface area contributed by atoms with Crippen LogP contribution < -0.4 is 10.1 Å². The minimum Gasteiger partial charge on any atom is -0.484 e. The number of aromatic nitrogens is 1. The molecule has 7 heteroatoms. The fourth-order valence-electron chi connectivity index (χ4n) is 3.69. The van der Waals surface area contributed by atoms with Gasteiger partial charge in [-0.15, -0.1) is 0 Å². The molecule has 0 unspecified atom stereocenters. The number of carbonyl (C=O) groups is 2. The van der Waals surface area contributed by atoms with Crippen LogP contribution in [0.15, 0.2) is 66.9 Å². The summed E-state index contributed by atoms with van der Waals surface area (Å²) < 4.78 is 5.40. The number of piperazine rings is 1. The molecule has 1 saturated heterocycles. The Bertz CT molecular complexity index is 1030. The average Bonchev–Trinajstić information content (AvgIpc) is 2.82. The molecule has 31 heavy (non-hydrogen) atoms. The molecule has 4 rings (SSSR count). The Morgan fingerprint density at radius 1 is 0.935 bits per heavy atom. The van der Waals surface area contributed by atoms with Gasteiger partial charge in [0.25, 0.3) is 5.91 Å². The third-order valence-electron chi connectivity index (χ3n) is 5.39. The van der Waals surface area contributed by atoms with E-state index in [2.05, 4.69) is 39.5 Å². The van der Waals surface area contributed by atoms with Crippen molar-refractivity contribution in [1.82, 2.24) is 20.1 Å². The lowest BCUT2D eigenvalue weighted by atomic mass is 10.1. The van der Waals surface area contributed by atoms with Crippen LogP contribution in [0.25, 0.3) is 10.9 Å². The van der Waals surface area contributed by atoms with Gasteiger partial charge in [-0.1, -0.05) is 42.5 Å². The van der Waals surface area contributed by atoms with Crippen molar-refractivity contribution in [1.29, 1.82) is 0 Å². The second-order valence-corrected chi connectivity index (χ2v) is 7.53. The van der Waals surface area contributed by atoms with Gasteiger partial charge in [-0.3, -0.25) is 19.5 Å². The summed E-state index contributed by atoms with van der Waals surface area (Å²) in [6.07, 6.45) is 1.82. The molecule has 0 radical (unpaired) electrons. The number of hydrogen-bond acceptors (Lipinski definition) is 5. The third-order valence-corrected chi connectivity index (χ3v) is 5.39. The summed E-state index contributed by atoms with van der Waals surface area (Å²) >= 11 is 0. The number of fused-ring (bicyclic) bond motifs is 1. The van der Waals surface area contributed by atoms with Crippen LogP contribution in [0.4, 0.5) is 0 Å². The minimum absolute atomic E-state index is 0.00970. The van der Waals surface area contributed by atoms with Gasteiger partial charge in [-0.25, -0.2) is 0 Å². The molecule has 2 aromatic carbocycles. The predicted octanol–water partition coefficient (Wildman–Crippen LogP) is 2.07. The van der Waals surface area contributed by atoms with E-state index in [0.717, 1.165) is 30.5 Å². The summed E-state index contributed by atoms with van der Waals surface area (Å²) in [5, 5.41) is 3.78. The fraction of sp³-hybridized carbons (Fsp3) is 0.292. The highest BCUT2D eigenvalue weighted by molar-refractivity contribution is 5.85. The molecule has 1 fully saturated rings. The maximum Gasteiger partial charge on any atom is 0.258 e. The Kier molecular flexibility index (Phi) is 6.74. The molecule has 0 spiro atoms. The van der Waals surface area contributed by atoms with Crippen molar-refractivity contribution >= 4 is 22.7 Å². The quantitative estimate of drug-likeness (QED) is 0.636. The van der Waals surface area contributed by atoms with Gasteiger partial charge in [0.1, 0.15) is 5.75 Å². The van der Waals surface area contributed by atoms with E-state index >= 15 is 0 Å². The molecule has 7 nitrogen and oxygen atoms in total. The van der Waals surface area contributed by atoms with Gasteiger partial charge in [0.2, 0.25) is 5.91 Å². The maximum atomic E-state index is 12.5. The molecular formula is C24H26N4O3. The predicted molar refractivity (Wildman–Crippen MR) is 119 cm³/mol. The minimum atomic E-state index is -0.306. The highest BCUT2D eigenvalue weighted by Crippen LogP contribution is 2.18. The smallest absolute Gasteiger partial charge is 0.258 e. The summed E-state index contributed by atoms with van der Waals surface area (Å²) in [7, 11) is 0. The SMILES string of the molecule is O=C(COc1ccccc1)NCC(=O)N1CCN(Cc2cccc3cccnc23)CC1. The molecule has 3 aromatic rings. The first kappa shape index (κ1) is 20.8. The van der Waals surface area contributed by atoms with Crippen molar-refractivity contribution in [2.75, 3.05) is 39.3 Å². The van der Waals surface area contributed by atoms with Gasteiger partial charge in [0.05, 0.1) is 12.1 Å². The van der Waals surface area contributed by atoms with Crippen molar-refractivity contribution in [3.63, 3.8) is 0 Å². The molecule has 2 heterocycles. The molecule has 0 atom stereocenters. The summed E-state index contributed by atoms with van der Waals surface area (Å²) in [4.78, 5) is 33.1. The molecule has 0 aliphatic carbocycles. The number of hydrogen-bond donors (Lipinski definition) is 1. The summed E-state index contributed by atoms with van der Waals surface area (Å²) in [6, 6.07) is 19.4. The number of benzene rings is 2. The molecule has 1 aromatic heterocycles. The van der Waals surface area contributed by atoms with E-state index in [1.807, 2.05) is 30.5 Å². The van der Waals surface area contributed by atoms with E-state index in [0.29, 0.717) is 18.8 Å². The Morgan fingerprint density at radius 3 is 2.52 bits per heavy atom. The van der Waals surface area contributed by atoms with Crippen LogP contribution in [0.2, 0.25) is 0 Å². The first-order valence-corrected chi connectivity index (χ1v) is 10.5. The number of nitrogens with one attached hydrogen (secondary N) is 1. The van der Waals surface area contributed by atoms with E-state index in [4.69, 9.17) is 4.74 Å². The Balaban J connectivity index is 1.20. The molecular weight excluding hydrogens is 392 g/mol. The molecule has 160 valence electrons. The lowest BCUT2D eigenvalue weighted by Crippen LogP contribution is -2.51. The van der Waals surface area contributed by atoms with Crippen LogP contribution in [0.3, 0.4) is 0 Å². The number of ether oxygens (including phenoxy) is 1. The standard InChI is InChI=1S/C24H26N4O3/c29-22(18-31-21-9-2-1-3-10-21)26-16-23(30)28-14-12-27(13-15-28)17-20-7-4-6-19-8-5-11-25-24(19)20/h1-11H,12-18H2,(H,26,29). The fourth-order valence-corrected chi connectivity index (χ4v) is 3.69. The zero-order valence-electron chi connectivity index (χ0n) is 17.4. The first-order valence-electron chi connectivity index (χ1n) is 10.5. The van der Waals surface area contributed by atoms with Crippen LogP contribution in [0, 0.1) is 0 Å². The normalized spacial score (nSPS) is 14.4. The summed E-state index contributed by atoms with van der Waals surface area (Å²) in [5.41, 5.74) is 2.23. The number of pyridine rings is 1. The molecule has 1 aliphatic heterocycles. The number of carbonyl (C=O) groups excluding carboxylic acids is 2. The zero-order valence-corrected chi connectivity index (χ0v) is 17.4. The monoisotopic (exact) mass is 418 g/mol. The van der Waals surface area contributed by atoms with Crippen LogP contribution >= 0.6 is 0 Å². The van der Waals surface area contributed by atoms with E-state index in [1.165, 1.54) is 5.56 Å². The lowest BCUT2D eigenvalue weighted by Gasteiger charge is -2.35.